The Morgan fingerprint density at radius 2 is 1.33 bits per heavy atom. The van der Waals surface area contributed by atoms with Crippen molar-refractivity contribution in [3.63, 3.8) is 0 Å². The lowest BCUT2D eigenvalue weighted by Gasteiger charge is -2.21. The Hall–Kier alpha value is -3.12. The van der Waals surface area contributed by atoms with Crippen molar-refractivity contribution < 1.29 is 4.79 Å². The Morgan fingerprint density at radius 1 is 0.778 bits per heavy atom. The average molecular weight is 361 g/mol. The molecule has 0 aliphatic heterocycles. The average Bonchev–Trinajstić information content (AvgIpc) is 2.69. The van der Waals surface area contributed by atoms with Gasteiger partial charge in [-0.2, -0.15) is 0 Å². The fraction of sp³-hybridized carbons (Fsp3) is 0.238. The molecular weight excluding hydrogens is 338 g/mol. The van der Waals surface area contributed by atoms with Crippen LogP contribution in [-0.4, -0.2) is 44.8 Å². The molecule has 0 bridgehead atoms. The van der Waals surface area contributed by atoms with E-state index < -0.39 is 0 Å². The molecule has 3 heterocycles. The Kier molecular flexibility index (Phi) is 6.22. The molecule has 0 aliphatic rings. The predicted octanol–water partition coefficient (Wildman–Crippen LogP) is 2.78. The molecule has 0 spiro atoms. The minimum Gasteiger partial charge on any atom is -0.345 e. The van der Waals surface area contributed by atoms with Crippen molar-refractivity contribution in [1.82, 2.24) is 24.8 Å². The van der Waals surface area contributed by atoms with E-state index in [-0.39, 0.29) is 5.91 Å². The lowest BCUT2D eigenvalue weighted by atomic mass is 10.2. The molecule has 0 saturated carbocycles. The smallest absolute Gasteiger partial charge is 0.254 e. The Morgan fingerprint density at radius 3 is 1.74 bits per heavy atom. The molecule has 0 fully saturated rings. The molecule has 27 heavy (non-hydrogen) atoms. The first-order valence-electron chi connectivity index (χ1n) is 8.80. The molecular formula is C21H23N5O. The van der Waals surface area contributed by atoms with Crippen molar-refractivity contribution in [2.45, 2.75) is 19.6 Å². The van der Waals surface area contributed by atoms with Gasteiger partial charge in [0.2, 0.25) is 0 Å². The predicted molar refractivity (Wildman–Crippen MR) is 104 cm³/mol. The largest absolute Gasteiger partial charge is 0.345 e. The van der Waals surface area contributed by atoms with Crippen molar-refractivity contribution >= 4 is 5.91 Å². The number of pyridine rings is 3. The van der Waals surface area contributed by atoms with E-state index in [0.29, 0.717) is 25.2 Å². The first-order valence-corrected chi connectivity index (χ1v) is 8.80. The zero-order valence-corrected chi connectivity index (χ0v) is 15.6. The lowest BCUT2D eigenvalue weighted by molar-refractivity contribution is 0.0827. The molecule has 0 saturated heterocycles. The number of carbonyl (C=O) groups excluding carboxylic acids is 1. The maximum atomic E-state index is 12.0. The summed E-state index contributed by atoms with van der Waals surface area (Å²) < 4.78 is 0. The number of rotatable bonds is 7. The third-order valence-electron chi connectivity index (χ3n) is 4.09. The van der Waals surface area contributed by atoms with Crippen LogP contribution in [0, 0.1) is 0 Å². The van der Waals surface area contributed by atoms with Gasteiger partial charge in [0.25, 0.3) is 5.91 Å². The topological polar surface area (TPSA) is 62.2 Å². The molecule has 0 atom stereocenters. The van der Waals surface area contributed by atoms with Crippen molar-refractivity contribution in [3.8, 4) is 0 Å². The molecule has 1 amide bonds. The van der Waals surface area contributed by atoms with Crippen molar-refractivity contribution in [1.29, 1.82) is 0 Å². The molecule has 6 heteroatoms. The van der Waals surface area contributed by atoms with Crippen LogP contribution in [0.4, 0.5) is 0 Å². The highest BCUT2D eigenvalue weighted by molar-refractivity contribution is 5.93. The van der Waals surface area contributed by atoms with Crippen LogP contribution >= 0.6 is 0 Å². The minimum absolute atomic E-state index is 0.0483. The van der Waals surface area contributed by atoms with Gasteiger partial charge in [-0.05, 0) is 36.4 Å². The first-order chi connectivity index (χ1) is 13.1. The van der Waals surface area contributed by atoms with Gasteiger partial charge in [-0.25, -0.2) is 0 Å². The second-order valence-corrected chi connectivity index (χ2v) is 6.53. The van der Waals surface area contributed by atoms with Crippen LogP contribution in [0.5, 0.6) is 0 Å². The maximum Gasteiger partial charge on any atom is 0.254 e. The summed E-state index contributed by atoms with van der Waals surface area (Å²) in [5, 5.41) is 0. The van der Waals surface area contributed by atoms with Crippen LogP contribution in [0.15, 0.2) is 67.1 Å². The van der Waals surface area contributed by atoms with Crippen molar-refractivity contribution in [3.05, 3.63) is 89.8 Å². The van der Waals surface area contributed by atoms with Gasteiger partial charge >= 0.3 is 0 Å². The van der Waals surface area contributed by atoms with Gasteiger partial charge < -0.3 is 4.90 Å². The summed E-state index contributed by atoms with van der Waals surface area (Å²) in [6.07, 6.45) is 5.24. The molecule has 0 aliphatic carbocycles. The first kappa shape index (κ1) is 18.7. The Bertz CT molecular complexity index is 809. The van der Waals surface area contributed by atoms with E-state index in [0.717, 1.165) is 17.1 Å². The standard InChI is InChI=1S/C21H23N5O/c1-25(2)21(27)17-9-10-20(24-13-17)16-26(14-18-7-3-5-11-22-18)15-19-8-4-6-12-23-19/h3-13H,14-16H2,1-2H3. The highest BCUT2D eigenvalue weighted by Gasteiger charge is 2.12. The normalized spacial score (nSPS) is 10.8. The highest BCUT2D eigenvalue weighted by atomic mass is 16.2. The fourth-order valence-corrected chi connectivity index (χ4v) is 2.74. The zero-order valence-electron chi connectivity index (χ0n) is 15.6. The van der Waals surface area contributed by atoms with E-state index in [1.165, 1.54) is 0 Å². The second-order valence-electron chi connectivity index (χ2n) is 6.53. The molecule has 0 unspecified atom stereocenters. The van der Waals surface area contributed by atoms with Crippen LogP contribution in [0.3, 0.4) is 0 Å². The summed E-state index contributed by atoms with van der Waals surface area (Å²) >= 11 is 0. The number of hydrogen-bond acceptors (Lipinski definition) is 5. The summed E-state index contributed by atoms with van der Waals surface area (Å²) in [4.78, 5) is 29.1. The molecule has 6 nitrogen and oxygen atoms in total. The molecule has 3 aromatic heterocycles. The number of nitrogens with zero attached hydrogens (tertiary/aromatic N) is 5. The quantitative estimate of drug-likeness (QED) is 0.648. The van der Waals surface area contributed by atoms with E-state index >= 15 is 0 Å². The third-order valence-corrected chi connectivity index (χ3v) is 4.09. The second kappa shape index (κ2) is 9.00. The van der Waals surface area contributed by atoms with E-state index in [1.807, 2.05) is 48.5 Å². The highest BCUT2D eigenvalue weighted by Crippen LogP contribution is 2.12. The lowest BCUT2D eigenvalue weighted by Crippen LogP contribution is -2.24. The van der Waals surface area contributed by atoms with Crippen molar-refractivity contribution in [2.24, 2.45) is 0 Å². The van der Waals surface area contributed by atoms with E-state index in [9.17, 15) is 4.79 Å². The van der Waals surface area contributed by atoms with Gasteiger partial charge in [0.15, 0.2) is 0 Å². The van der Waals surface area contributed by atoms with Gasteiger partial charge in [-0.15, -0.1) is 0 Å². The number of aromatic nitrogens is 3. The summed E-state index contributed by atoms with van der Waals surface area (Å²) in [6, 6.07) is 15.5. The Balaban J connectivity index is 1.75. The molecule has 0 radical (unpaired) electrons. The van der Waals surface area contributed by atoms with Crippen LogP contribution in [0.25, 0.3) is 0 Å². The summed E-state index contributed by atoms with van der Waals surface area (Å²) in [7, 11) is 3.47. The van der Waals surface area contributed by atoms with Gasteiger partial charge in [0.05, 0.1) is 22.6 Å². The van der Waals surface area contributed by atoms with Crippen LogP contribution in [0.2, 0.25) is 0 Å². The number of hydrogen-bond donors (Lipinski definition) is 0. The zero-order chi connectivity index (χ0) is 19.1. The number of carbonyl (C=O) groups is 1. The summed E-state index contributed by atoms with van der Waals surface area (Å²) in [5.41, 5.74) is 3.47. The van der Waals surface area contributed by atoms with Gasteiger partial charge in [0, 0.05) is 52.3 Å². The maximum absolute atomic E-state index is 12.0. The Labute approximate surface area is 159 Å². The van der Waals surface area contributed by atoms with Crippen LogP contribution < -0.4 is 0 Å². The van der Waals surface area contributed by atoms with Crippen molar-refractivity contribution in [2.75, 3.05) is 14.1 Å². The van der Waals surface area contributed by atoms with E-state index in [1.54, 1.807) is 37.6 Å². The van der Waals surface area contributed by atoms with E-state index in [4.69, 9.17) is 0 Å². The van der Waals surface area contributed by atoms with Gasteiger partial charge in [0.1, 0.15) is 0 Å². The minimum atomic E-state index is -0.0483. The monoisotopic (exact) mass is 361 g/mol. The van der Waals surface area contributed by atoms with Gasteiger partial charge in [-0.1, -0.05) is 12.1 Å². The van der Waals surface area contributed by atoms with Crippen LogP contribution in [-0.2, 0) is 19.6 Å². The fourth-order valence-electron chi connectivity index (χ4n) is 2.74. The molecule has 138 valence electrons. The molecule has 0 aromatic carbocycles. The summed E-state index contributed by atoms with van der Waals surface area (Å²) in [5.74, 6) is -0.0483. The molecule has 3 rings (SSSR count). The SMILES string of the molecule is CN(C)C(=O)c1ccc(CN(Cc2ccccn2)Cc2ccccn2)nc1. The third kappa shape index (κ3) is 5.43. The molecule has 0 N–H and O–H groups in total. The molecule has 3 aromatic rings. The van der Waals surface area contributed by atoms with Crippen LogP contribution in [0.1, 0.15) is 27.4 Å². The van der Waals surface area contributed by atoms with E-state index in [2.05, 4.69) is 19.9 Å². The summed E-state index contributed by atoms with van der Waals surface area (Å²) in [6.45, 7) is 2.03. The van der Waals surface area contributed by atoms with Gasteiger partial charge in [-0.3, -0.25) is 24.6 Å². The number of amides is 1.